The van der Waals surface area contributed by atoms with Gasteiger partial charge in [-0.25, -0.2) is 0 Å². The van der Waals surface area contributed by atoms with E-state index in [9.17, 15) is 19.5 Å². The summed E-state index contributed by atoms with van der Waals surface area (Å²) in [6.07, 6.45) is 0. The molecule has 0 saturated heterocycles. The topological polar surface area (TPSA) is 96.5 Å². The van der Waals surface area contributed by atoms with Gasteiger partial charge >= 0.3 is 10.8 Å². The van der Waals surface area contributed by atoms with Gasteiger partial charge in [0.2, 0.25) is 0 Å². The summed E-state index contributed by atoms with van der Waals surface area (Å²) in [6.45, 7) is 0. The van der Waals surface area contributed by atoms with Gasteiger partial charge in [0, 0.05) is 21.4 Å². The van der Waals surface area contributed by atoms with Crippen LogP contribution in [-0.2, 0) is 4.79 Å². The molecular weight excluding hydrogens is 446 g/mol. The number of methoxy groups -OCH3 is 1. The summed E-state index contributed by atoms with van der Waals surface area (Å²) in [5.74, 6) is -2.26. The molecule has 9 heteroatoms. The van der Waals surface area contributed by atoms with Crippen molar-refractivity contribution in [1.29, 1.82) is 0 Å². The minimum Gasteiger partial charge on any atom is -0.497 e. The number of carboxylic acid groups (broad SMARTS) is 1. The lowest BCUT2D eigenvalue weighted by Crippen LogP contribution is -2.39. The van der Waals surface area contributed by atoms with Crippen molar-refractivity contribution in [3.8, 4) is 5.75 Å². The standard InChI is InChI=1S/C21H16ClNO5S2/c1-28-13-8-4-10(5-9-13)14-15(16(24)11-2-6-12(22)7-3-11)18(20(25)26)29-19-17(14)30-21(27)23-19/h2-9,14-15,18H,1H3,(H,23,27)(H,25,26)/t14-,15-,18-/m1/s1. The number of thioether (sulfide) groups is 1. The molecule has 4 rings (SSSR count). The molecule has 0 spiro atoms. The second-order valence-electron chi connectivity index (χ2n) is 6.73. The van der Waals surface area contributed by atoms with Gasteiger partial charge in [0.25, 0.3) is 0 Å². The zero-order valence-corrected chi connectivity index (χ0v) is 18.0. The lowest BCUT2D eigenvalue weighted by Gasteiger charge is -2.34. The molecule has 6 nitrogen and oxygen atoms in total. The number of aromatic amines is 1. The normalized spacial score (nSPS) is 20.4. The Morgan fingerprint density at radius 2 is 1.77 bits per heavy atom. The maximum atomic E-state index is 13.5. The van der Waals surface area contributed by atoms with Gasteiger partial charge in [0.15, 0.2) is 5.78 Å². The first kappa shape index (κ1) is 20.7. The van der Waals surface area contributed by atoms with E-state index in [0.29, 0.717) is 26.2 Å². The van der Waals surface area contributed by atoms with Gasteiger partial charge in [0.1, 0.15) is 11.0 Å². The number of H-pyrrole nitrogens is 1. The summed E-state index contributed by atoms with van der Waals surface area (Å²) in [7, 11) is 1.55. The van der Waals surface area contributed by atoms with E-state index in [-0.39, 0.29) is 10.7 Å². The van der Waals surface area contributed by atoms with Gasteiger partial charge in [-0.1, -0.05) is 46.8 Å². The summed E-state index contributed by atoms with van der Waals surface area (Å²) >= 11 is 7.96. The number of fused-ring (bicyclic) bond motifs is 1. The highest BCUT2D eigenvalue weighted by Crippen LogP contribution is 2.50. The zero-order chi connectivity index (χ0) is 21.4. The average molecular weight is 462 g/mol. The number of aliphatic carboxylic acids is 1. The fourth-order valence-electron chi connectivity index (χ4n) is 3.63. The van der Waals surface area contributed by atoms with Gasteiger partial charge in [-0.3, -0.25) is 14.4 Å². The zero-order valence-electron chi connectivity index (χ0n) is 15.6. The lowest BCUT2D eigenvalue weighted by atomic mass is 9.78. The molecule has 0 aliphatic carbocycles. The molecule has 3 atom stereocenters. The van der Waals surface area contributed by atoms with E-state index in [0.717, 1.165) is 28.7 Å². The number of carbonyl (C=O) groups is 2. The predicted molar refractivity (Wildman–Crippen MR) is 116 cm³/mol. The van der Waals surface area contributed by atoms with Crippen LogP contribution < -0.4 is 9.61 Å². The van der Waals surface area contributed by atoms with E-state index in [1.807, 2.05) is 0 Å². The fourth-order valence-corrected chi connectivity index (χ4v) is 6.17. The molecule has 0 bridgehead atoms. The predicted octanol–water partition coefficient (Wildman–Crippen LogP) is 4.29. The Morgan fingerprint density at radius 1 is 1.10 bits per heavy atom. The van der Waals surface area contributed by atoms with E-state index in [1.165, 1.54) is 0 Å². The number of hydrogen-bond donors (Lipinski definition) is 2. The number of halogens is 1. The molecule has 0 fully saturated rings. The van der Waals surface area contributed by atoms with Crippen molar-refractivity contribution in [2.24, 2.45) is 5.92 Å². The first-order valence-electron chi connectivity index (χ1n) is 8.95. The van der Waals surface area contributed by atoms with Crippen LogP contribution in [0.25, 0.3) is 0 Å². The number of rotatable bonds is 5. The van der Waals surface area contributed by atoms with E-state index in [4.69, 9.17) is 16.3 Å². The molecule has 0 amide bonds. The third-order valence-corrected chi connectivity index (χ3v) is 7.66. The van der Waals surface area contributed by atoms with E-state index < -0.39 is 23.1 Å². The number of nitrogens with one attached hydrogen (secondary N) is 1. The SMILES string of the molecule is COc1ccc([C@H]2c3sc(=O)[nH]c3S[C@@H](C(=O)O)[C@H]2C(=O)c2ccc(Cl)cc2)cc1. The highest BCUT2D eigenvalue weighted by molar-refractivity contribution is 8.00. The quantitative estimate of drug-likeness (QED) is 0.550. The molecule has 0 radical (unpaired) electrons. The van der Waals surface area contributed by atoms with Gasteiger partial charge < -0.3 is 14.8 Å². The molecule has 2 heterocycles. The van der Waals surface area contributed by atoms with Crippen LogP contribution in [0.1, 0.15) is 26.7 Å². The van der Waals surface area contributed by atoms with Crippen LogP contribution in [0.15, 0.2) is 58.4 Å². The molecule has 1 aliphatic rings. The van der Waals surface area contributed by atoms with Crippen LogP contribution in [0.5, 0.6) is 5.75 Å². The third-order valence-electron chi connectivity index (χ3n) is 5.00. The van der Waals surface area contributed by atoms with Crippen LogP contribution in [0.2, 0.25) is 5.02 Å². The molecule has 30 heavy (non-hydrogen) atoms. The largest absolute Gasteiger partial charge is 0.497 e. The van der Waals surface area contributed by atoms with Crippen LogP contribution in [-0.4, -0.2) is 34.2 Å². The van der Waals surface area contributed by atoms with E-state index in [1.54, 1.807) is 55.6 Å². The molecule has 2 aromatic carbocycles. The average Bonchev–Trinajstić information content (AvgIpc) is 3.12. The molecule has 1 aliphatic heterocycles. The van der Waals surface area contributed by atoms with Crippen molar-refractivity contribution in [2.45, 2.75) is 16.2 Å². The Labute approximate surface area is 184 Å². The number of benzene rings is 2. The van der Waals surface area contributed by atoms with E-state index >= 15 is 0 Å². The number of thiazole rings is 1. The summed E-state index contributed by atoms with van der Waals surface area (Å²) < 4.78 is 5.21. The Bertz CT molecular complexity index is 1150. The maximum absolute atomic E-state index is 13.5. The molecule has 3 aromatic rings. The van der Waals surface area contributed by atoms with Crippen LogP contribution >= 0.6 is 34.7 Å². The number of Topliss-reactive ketones (excluding diaryl/α,β-unsaturated/α-hetero) is 1. The first-order chi connectivity index (χ1) is 14.4. The van der Waals surface area contributed by atoms with Crippen molar-refractivity contribution in [2.75, 3.05) is 7.11 Å². The number of carbonyl (C=O) groups excluding carboxylic acids is 1. The lowest BCUT2D eigenvalue weighted by molar-refractivity contribution is -0.137. The molecular formula is C21H16ClNO5S2. The Kier molecular flexibility index (Phi) is 5.73. The van der Waals surface area contributed by atoms with Gasteiger partial charge in [-0.15, -0.1) is 0 Å². The monoisotopic (exact) mass is 461 g/mol. The van der Waals surface area contributed by atoms with Crippen molar-refractivity contribution < 1.29 is 19.4 Å². The second kappa shape index (κ2) is 8.29. The number of aromatic nitrogens is 1. The first-order valence-corrected chi connectivity index (χ1v) is 11.0. The Morgan fingerprint density at radius 3 is 2.37 bits per heavy atom. The number of ketones is 1. The van der Waals surface area contributed by atoms with Crippen LogP contribution in [0, 0.1) is 5.92 Å². The summed E-state index contributed by atoms with van der Waals surface area (Å²) in [4.78, 5) is 40.8. The highest BCUT2D eigenvalue weighted by atomic mass is 35.5. The summed E-state index contributed by atoms with van der Waals surface area (Å²) in [5, 5.41) is 9.85. The maximum Gasteiger partial charge on any atom is 0.317 e. The number of carboxylic acids is 1. The van der Waals surface area contributed by atoms with Gasteiger partial charge in [-0.2, -0.15) is 0 Å². The summed E-state index contributed by atoms with van der Waals surface area (Å²) in [6, 6.07) is 13.5. The number of hydrogen-bond acceptors (Lipinski definition) is 6. The third kappa shape index (κ3) is 3.78. The number of ether oxygens (including phenoxy) is 1. The van der Waals surface area contributed by atoms with Crippen molar-refractivity contribution in [3.05, 3.63) is 79.2 Å². The minimum atomic E-state index is -1.11. The van der Waals surface area contributed by atoms with Crippen LogP contribution in [0.3, 0.4) is 0 Å². The van der Waals surface area contributed by atoms with Crippen molar-refractivity contribution in [1.82, 2.24) is 4.98 Å². The Hall–Kier alpha value is -2.55. The van der Waals surface area contributed by atoms with Crippen molar-refractivity contribution in [3.63, 3.8) is 0 Å². The highest BCUT2D eigenvalue weighted by Gasteiger charge is 2.47. The minimum absolute atomic E-state index is 0.283. The molecule has 2 N–H and O–H groups in total. The van der Waals surface area contributed by atoms with E-state index in [2.05, 4.69) is 4.98 Å². The van der Waals surface area contributed by atoms with Gasteiger partial charge in [0.05, 0.1) is 18.1 Å². The fraction of sp³-hybridized carbons (Fsp3) is 0.190. The molecule has 154 valence electrons. The van der Waals surface area contributed by atoms with Crippen LogP contribution in [0.4, 0.5) is 0 Å². The molecule has 1 aromatic heterocycles. The van der Waals surface area contributed by atoms with Gasteiger partial charge in [-0.05, 0) is 42.0 Å². The summed E-state index contributed by atoms with van der Waals surface area (Å²) in [5.41, 5.74) is 1.12. The second-order valence-corrected chi connectivity index (χ2v) is 9.34. The molecule has 0 saturated carbocycles. The molecule has 0 unspecified atom stereocenters. The van der Waals surface area contributed by atoms with Crippen molar-refractivity contribution >= 4 is 46.5 Å². The smallest absolute Gasteiger partial charge is 0.317 e. The Balaban J connectivity index is 1.89.